The first-order chi connectivity index (χ1) is 12.1. The fraction of sp³-hybridized carbons (Fsp3) is 0.294. The number of aromatic nitrogens is 3. The molecule has 0 fully saturated rings. The molecule has 0 aliphatic heterocycles. The van der Waals surface area contributed by atoms with Crippen LogP contribution < -0.4 is 10.9 Å². The first kappa shape index (κ1) is 17.6. The van der Waals surface area contributed by atoms with E-state index >= 15 is 0 Å². The summed E-state index contributed by atoms with van der Waals surface area (Å²) in [4.78, 5) is 33.6. The quantitative estimate of drug-likeness (QED) is 0.529. The highest BCUT2D eigenvalue weighted by Gasteiger charge is 2.13. The Morgan fingerprint density at radius 1 is 1.32 bits per heavy atom. The van der Waals surface area contributed by atoms with Gasteiger partial charge in [-0.2, -0.15) is 0 Å². The number of benzene rings is 1. The number of thioether (sulfide) groups is 1. The largest absolute Gasteiger partial charge is 0.301 e. The van der Waals surface area contributed by atoms with Gasteiger partial charge in [-0.3, -0.25) is 14.2 Å². The van der Waals surface area contributed by atoms with Gasteiger partial charge in [0.1, 0.15) is 0 Å². The van der Waals surface area contributed by atoms with E-state index in [2.05, 4.69) is 15.3 Å². The summed E-state index contributed by atoms with van der Waals surface area (Å²) >= 11 is 2.66. The minimum absolute atomic E-state index is 0.0640. The summed E-state index contributed by atoms with van der Waals surface area (Å²) in [7, 11) is 0. The van der Waals surface area contributed by atoms with Gasteiger partial charge in [-0.1, -0.05) is 30.8 Å². The SMILES string of the molecule is CCCn1c(SCC(=O)Nc2nc(C)cs2)nc2ccccc2c1=O. The van der Waals surface area contributed by atoms with Crippen molar-refractivity contribution in [2.24, 2.45) is 0 Å². The van der Waals surface area contributed by atoms with E-state index in [0.717, 1.165) is 12.1 Å². The molecule has 25 heavy (non-hydrogen) atoms. The third-order valence-electron chi connectivity index (χ3n) is 3.47. The minimum Gasteiger partial charge on any atom is -0.301 e. The van der Waals surface area contributed by atoms with E-state index in [9.17, 15) is 9.59 Å². The number of nitrogens with one attached hydrogen (secondary N) is 1. The summed E-state index contributed by atoms with van der Waals surface area (Å²) in [5, 5.41) is 6.40. The van der Waals surface area contributed by atoms with E-state index in [0.29, 0.717) is 27.7 Å². The molecule has 6 nitrogen and oxygen atoms in total. The Bertz CT molecular complexity index is 965. The smallest absolute Gasteiger partial charge is 0.262 e. The number of rotatable bonds is 6. The molecule has 2 aromatic heterocycles. The Hall–Kier alpha value is -2.19. The standard InChI is InChI=1S/C17H18N4O2S2/c1-3-8-21-15(23)12-6-4-5-7-13(12)19-17(21)25-10-14(22)20-16-18-11(2)9-24-16/h4-7,9H,3,8,10H2,1-2H3,(H,18,20,22). The number of hydrogen-bond acceptors (Lipinski definition) is 6. The maximum Gasteiger partial charge on any atom is 0.262 e. The van der Waals surface area contributed by atoms with Gasteiger partial charge in [0.2, 0.25) is 5.91 Å². The predicted molar refractivity (Wildman–Crippen MR) is 102 cm³/mol. The Labute approximate surface area is 153 Å². The number of fused-ring (bicyclic) bond motifs is 1. The predicted octanol–water partition coefficient (Wildman–Crippen LogP) is 3.30. The lowest BCUT2D eigenvalue weighted by molar-refractivity contribution is -0.113. The van der Waals surface area contributed by atoms with E-state index in [-0.39, 0.29) is 17.2 Å². The van der Waals surface area contributed by atoms with Gasteiger partial charge in [-0.15, -0.1) is 11.3 Å². The first-order valence-electron chi connectivity index (χ1n) is 7.93. The average molecular weight is 374 g/mol. The zero-order chi connectivity index (χ0) is 17.8. The molecule has 1 aromatic carbocycles. The maximum absolute atomic E-state index is 12.7. The number of amides is 1. The van der Waals surface area contributed by atoms with Gasteiger partial charge in [0, 0.05) is 11.9 Å². The molecule has 0 aliphatic rings. The van der Waals surface area contributed by atoms with E-state index in [1.807, 2.05) is 37.4 Å². The van der Waals surface area contributed by atoms with Crippen molar-refractivity contribution in [1.82, 2.24) is 14.5 Å². The molecule has 1 N–H and O–H groups in total. The molecular formula is C17H18N4O2S2. The zero-order valence-electron chi connectivity index (χ0n) is 14.0. The lowest BCUT2D eigenvalue weighted by Gasteiger charge is -2.12. The lowest BCUT2D eigenvalue weighted by atomic mass is 10.2. The van der Waals surface area contributed by atoms with E-state index in [4.69, 9.17) is 0 Å². The molecule has 2 heterocycles. The van der Waals surface area contributed by atoms with Crippen LogP contribution in [0.15, 0.2) is 39.6 Å². The monoisotopic (exact) mass is 374 g/mol. The molecule has 0 saturated heterocycles. The third-order valence-corrected chi connectivity index (χ3v) is 5.32. The third kappa shape index (κ3) is 4.08. The van der Waals surface area contributed by atoms with Gasteiger partial charge in [-0.25, -0.2) is 9.97 Å². The summed E-state index contributed by atoms with van der Waals surface area (Å²) in [6.45, 7) is 4.46. The van der Waals surface area contributed by atoms with Crippen LogP contribution >= 0.6 is 23.1 Å². The van der Waals surface area contributed by atoms with E-state index in [1.165, 1.54) is 23.1 Å². The molecule has 0 bridgehead atoms. The van der Waals surface area contributed by atoms with Gasteiger partial charge < -0.3 is 5.32 Å². The van der Waals surface area contributed by atoms with Crippen molar-refractivity contribution in [1.29, 1.82) is 0 Å². The fourth-order valence-electron chi connectivity index (χ4n) is 2.38. The molecular weight excluding hydrogens is 356 g/mol. The highest BCUT2D eigenvalue weighted by atomic mass is 32.2. The number of anilines is 1. The highest BCUT2D eigenvalue weighted by molar-refractivity contribution is 7.99. The van der Waals surface area contributed by atoms with Crippen LogP contribution in [0.25, 0.3) is 10.9 Å². The number of hydrogen-bond donors (Lipinski definition) is 1. The lowest BCUT2D eigenvalue weighted by Crippen LogP contribution is -2.24. The molecule has 0 saturated carbocycles. The van der Waals surface area contributed by atoms with Crippen molar-refractivity contribution >= 4 is 45.0 Å². The zero-order valence-corrected chi connectivity index (χ0v) is 15.6. The Balaban J connectivity index is 1.81. The van der Waals surface area contributed by atoms with E-state index < -0.39 is 0 Å². The van der Waals surface area contributed by atoms with Gasteiger partial charge in [0.05, 0.1) is 22.3 Å². The number of para-hydroxylation sites is 1. The van der Waals surface area contributed by atoms with Gasteiger partial charge in [0.25, 0.3) is 5.56 Å². The van der Waals surface area contributed by atoms with Gasteiger partial charge in [-0.05, 0) is 25.5 Å². The molecule has 3 aromatic rings. The van der Waals surface area contributed by atoms with Crippen molar-refractivity contribution in [3.63, 3.8) is 0 Å². The molecule has 0 unspecified atom stereocenters. The van der Waals surface area contributed by atoms with Crippen LogP contribution in [0.5, 0.6) is 0 Å². The number of thiazole rings is 1. The molecule has 0 radical (unpaired) electrons. The molecule has 0 spiro atoms. The summed E-state index contributed by atoms with van der Waals surface area (Å²) in [6, 6.07) is 7.28. The van der Waals surface area contributed by atoms with Crippen LogP contribution in [-0.2, 0) is 11.3 Å². The Morgan fingerprint density at radius 2 is 2.12 bits per heavy atom. The topological polar surface area (TPSA) is 76.9 Å². The molecule has 0 aliphatic carbocycles. The first-order valence-corrected chi connectivity index (χ1v) is 9.79. The Morgan fingerprint density at radius 3 is 2.84 bits per heavy atom. The minimum atomic E-state index is -0.162. The molecule has 8 heteroatoms. The van der Waals surface area contributed by atoms with Crippen LogP contribution in [-0.4, -0.2) is 26.2 Å². The van der Waals surface area contributed by atoms with Gasteiger partial charge >= 0.3 is 0 Å². The molecule has 130 valence electrons. The molecule has 3 rings (SSSR count). The van der Waals surface area contributed by atoms with Crippen molar-refractivity contribution in [3.8, 4) is 0 Å². The van der Waals surface area contributed by atoms with Crippen LogP contribution in [0.4, 0.5) is 5.13 Å². The second-order valence-corrected chi connectivity index (χ2v) is 7.30. The van der Waals surface area contributed by atoms with Crippen molar-refractivity contribution in [3.05, 3.63) is 45.7 Å². The Kier molecular flexibility index (Phi) is 5.50. The molecule has 1 amide bonds. The van der Waals surface area contributed by atoms with Crippen LogP contribution in [0, 0.1) is 6.92 Å². The number of aryl methyl sites for hydroxylation is 1. The fourth-order valence-corrected chi connectivity index (χ4v) is 3.91. The van der Waals surface area contributed by atoms with Crippen LogP contribution in [0.1, 0.15) is 19.0 Å². The number of carbonyl (C=O) groups is 1. The van der Waals surface area contributed by atoms with Crippen LogP contribution in [0.2, 0.25) is 0 Å². The second-order valence-electron chi connectivity index (χ2n) is 5.50. The molecule has 0 atom stereocenters. The number of carbonyl (C=O) groups excluding carboxylic acids is 1. The average Bonchev–Trinajstić information content (AvgIpc) is 3.01. The summed E-state index contributed by atoms with van der Waals surface area (Å²) in [5.74, 6) is 0.0115. The highest BCUT2D eigenvalue weighted by Crippen LogP contribution is 2.19. The van der Waals surface area contributed by atoms with Crippen molar-refractivity contribution in [2.45, 2.75) is 32.0 Å². The van der Waals surface area contributed by atoms with E-state index in [1.54, 1.807) is 10.6 Å². The normalized spacial score (nSPS) is 11.0. The summed E-state index contributed by atoms with van der Waals surface area (Å²) in [6.07, 6.45) is 0.818. The summed E-state index contributed by atoms with van der Waals surface area (Å²) < 4.78 is 1.65. The van der Waals surface area contributed by atoms with Crippen molar-refractivity contribution in [2.75, 3.05) is 11.1 Å². The van der Waals surface area contributed by atoms with Crippen molar-refractivity contribution < 1.29 is 4.79 Å². The number of nitrogens with zero attached hydrogens (tertiary/aromatic N) is 3. The summed E-state index contributed by atoms with van der Waals surface area (Å²) in [5.41, 5.74) is 1.46. The maximum atomic E-state index is 12.7. The van der Waals surface area contributed by atoms with Crippen LogP contribution in [0.3, 0.4) is 0 Å². The second kappa shape index (κ2) is 7.79. The van der Waals surface area contributed by atoms with Gasteiger partial charge in [0.15, 0.2) is 10.3 Å².